The van der Waals surface area contributed by atoms with Crippen molar-refractivity contribution in [2.45, 2.75) is 19.7 Å². The molecular formula is C13H13F3O4. The van der Waals surface area contributed by atoms with Crippen LogP contribution >= 0.6 is 0 Å². The summed E-state index contributed by atoms with van der Waals surface area (Å²) in [5, 5.41) is 0. The van der Waals surface area contributed by atoms with Crippen molar-refractivity contribution < 1.29 is 32.2 Å². The summed E-state index contributed by atoms with van der Waals surface area (Å²) in [6.07, 6.45) is -4.70. The Kier molecular flexibility index (Phi) is 5.46. The van der Waals surface area contributed by atoms with Gasteiger partial charge in [0, 0.05) is 18.1 Å². The Morgan fingerprint density at radius 2 is 2.05 bits per heavy atom. The summed E-state index contributed by atoms with van der Waals surface area (Å²) in [6.45, 7) is 2.00. The average Bonchev–Trinajstić information content (AvgIpc) is 2.37. The Bertz CT molecular complexity index is 505. The second kappa shape index (κ2) is 6.86. The minimum absolute atomic E-state index is 0.0512. The van der Waals surface area contributed by atoms with Gasteiger partial charge in [-0.15, -0.1) is 13.2 Å². The summed E-state index contributed by atoms with van der Waals surface area (Å²) in [4.78, 5) is 10.7. The number of benzene rings is 1. The van der Waals surface area contributed by atoms with Crippen molar-refractivity contribution in [1.29, 1.82) is 0 Å². The number of rotatable bonds is 6. The Labute approximate surface area is 113 Å². The molecule has 0 amide bonds. The van der Waals surface area contributed by atoms with E-state index in [1.165, 1.54) is 13.2 Å². The van der Waals surface area contributed by atoms with Gasteiger partial charge in [-0.3, -0.25) is 0 Å². The second-order valence-corrected chi connectivity index (χ2v) is 3.66. The summed E-state index contributed by atoms with van der Waals surface area (Å²) >= 11 is 0. The number of allylic oxidation sites excluding steroid dienone is 1. The first-order valence-electron chi connectivity index (χ1n) is 5.69. The van der Waals surface area contributed by atoms with E-state index in [0.29, 0.717) is 12.2 Å². The summed E-state index contributed by atoms with van der Waals surface area (Å²) in [5.41, 5.74) is 0.494. The molecule has 110 valence electrons. The van der Waals surface area contributed by atoms with Crippen molar-refractivity contribution in [3.63, 3.8) is 0 Å². The van der Waals surface area contributed by atoms with Crippen LogP contribution in [0.25, 0.3) is 0 Å². The number of halogens is 3. The van der Waals surface area contributed by atoms with E-state index in [9.17, 15) is 18.0 Å². The molecule has 0 N–H and O–H groups in total. The highest BCUT2D eigenvalue weighted by atomic mass is 19.4. The molecule has 0 spiro atoms. The fourth-order valence-corrected chi connectivity index (χ4v) is 1.53. The number of ether oxygens (including phenoxy) is 3. The summed E-state index contributed by atoms with van der Waals surface area (Å²) in [6, 6.07) is 3.60. The van der Waals surface area contributed by atoms with Crippen molar-refractivity contribution in [2.24, 2.45) is 0 Å². The normalized spacial score (nSPS) is 10.7. The van der Waals surface area contributed by atoms with Crippen LogP contribution in [0, 0.1) is 0 Å². The molecule has 0 saturated heterocycles. The zero-order valence-electron chi connectivity index (χ0n) is 10.9. The predicted octanol–water partition coefficient (Wildman–Crippen LogP) is 2.89. The van der Waals surface area contributed by atoms with E-state index in [1.807, 2.05) is 0 Å². The maximum atomic E-state index is 12.1. The van der Waals surface area contributed by atoms with Crippen LogP contribution < -0.4 is 9.47 Å². The second-order valence-electron chi connectivity index (χ2n) is 3.66. The molecule has 4 nitrogen and oxygen atoms in total. The third kappa shape index (κ3) is 4.85. The van der Waals surface area contributed by atoms with Gasteiger partial charge in [0.1, 0.15) is 11.5 Å². The minimum atomic E-state index is -4.77. The van der Waals surface area contributed by atoms with Crippen LogP contribution in [0.2, 0.25) is 0 Å². The van der Waals surface area contributed by atoms with E-state index in [2.05, 4.69) is 4.74 Å². The highest BCUT2D eigenvalue weighted by Crippen LogP contribution is 2.30. The van der Waals surface area contributed by atoms with Gasteiger partial charge in [0.25, 0.3) is 0 Å². The SMILES string of the molecule is CCOC(=C=O)Cc1ccc(OC(F)(F)F)cc1OC. The minimum Gasteiger partial charge on any atom is -0.496 e. The Balaban J connectivity index is 2.96. The molecule has 0 fully saturated rings. The highest BCUT2D eigenvalue weighted by molar-refractivity contribution is 5.53. The van der Waals surface area contributed by atoms with Gasteiger partial charge in [-0.1, -0.05) is 6.07 Å². The molecule has 0 aliphatic carbocycles. The van der Waals surface area contributed by atoms with Gasteiger partial charge in [0.05, 0.1) is 13.7 Å². The van der Waals surface area contributed by atoms with Gasteiger partial charge < -0.3 is 14.2 Å². The molecule has 0 bridgehead atoms. The summed E-state index contributed by atoms with van der Waals surface area (Å²) < 4.78 is 50.1. The first kappa shape index (κ1) is 15.9. The van der Waals surface area contributed by atoms with Crippen molar-refractivity contribution >= 4 is 5.94 Å². The molecule has 0 unspecified atom stereocenters. The van der Waals surface area contributed by atoms with Gasteiger partial charge in [-0.05, 0) is 13.0 Å². The van der Waals surface area contributed by atoms with E-state index in [-0.39, 0.29) is 17.9 Å². The predicted molar refractivity (Wildman–Crippen MR) is 64.2 cm³/mol. The van der Waals surface area contributed by atoms with Crippen molar-refractivity contribution in [2.75, 3.05) is 13.7 Å². The summed E-state index contributed by atoms with van der Waals surface area (Å²) in [5.74, 6) is 1.45. The van der Waals surface area contributed by atoms with Crippen LogP contribution in [0.5, 0.6) is 11.5 Å². The zero-order chi connectivity index (χ0) is 15.2. The molecule has 7 heteroatoms. The first-order valence-corrected chi connectivity index (χ1v) is 5.69. The molecular weight excluding hydrogens is 277 g/mol. The molecule has 0 aromatic heterocycles. The maximum absolute atomic E-state index is 12.1. The first-order chi connectivity index (χ1) is 9.39. The van der Waals surface area contributed by atoms with Gasteiger partial charge in [-0.25, -0.2) is 4.79 Å². The maximum Gasteiger partial charge on any atom is 0.573 e. The van der Waals surface area contributed by atoms with Gasteiger partial charge >= 0.3 is 6.36 Å². The van der Waals surface area contributed by atoms with Crippen molar-refractivity contribution in [3.05, 3.63) is 29.5 Å². The quantitative estimate of drug-likeness (QED) is 0.597. The van der Waals surface area contributed by atoms with E-state index >= 15 is 0 Å². The molecule has 0 heterocycles. The van der Waals surface area contributed by atoms with Gasteiger partial charge in [-0.2, -0.15) is 0 Å². The van der Waals surface area contributed by atoms with Crippen LogP contribution in [0.1, 0.15) is 12.5 Å². The topological polar surface area (TPSA) is 44.8 Å². The largest absolute Gasteiger partial charge is 0.573 e. The van der Waals surface area contributed by atoms with Gasteiger partial charge in [0.2, 0.25) is 0 Å². The number of hydrogen-bond donors (Lipinski definition) is 0. The molecule has 0 aliphatic rings. The molecule has 0 radical (unpaired) electrons. The molecule has 1 aromatic rings. The zero-order valence-corrected chi connectivity index (χ0v) is 10.9. The van der Waals surface area contributed by atoms with Crippen molar-refractivity contribution in [1.82, 2.24) is 0 Å². The average molecular weight is 290 g/mol. The van der Waals surface area contributed by atoms with Crippen LogP contribution in [0.3, 0.4) is 0 Å². The lowest BCUT2D eigenvalue weighted by Gasteiger charge is -2.13. The highest BCUT2D eigenvalue weighted by Gasteiger charge is 2.31. The fourth-order valence-electron chi connectivity index (χ4n) is 1.53. The lowest BCUT2D eigenvalue weighted by atomic mass is 10.1. The van der Waals surface area contributed by atoms with Crippen LogP contribution in [0.15, 0.2) is 24.0 Å². The molecule has 1 rings (SSSR count). The number of methoxy groups -OCH3 is 1. The van der Waals surface area contributed by atoms with E-state index in [4.69, 9.17) is 9.47 Å². The van der Waals surface area contributed by atoms with Gasteiger partial charge in [0.15, 0.2) is 11.7 Å². The Hall–Kier alpha value is -2.14. The smallest absolute Gasteiger partial charge is 0.496 e. The van der Waals surface area contributed by atoms with E-state index in [1.54, 1.807) is 12.9 Å². The lowest BCUT2D eigenvalue weighted by Crippen LogP contribution is -2.17. The Morgan fingerprint density at radius 1 is 1.35 bits per heavy atom. The third-order valence-corrected chi connectivity index (χ3v) is 2.28. The van der Waals surface area contributed by atoms with E-state index in [0.717, 1.165) is 12.1 Å². The monoisotopic (exact) mass is 290 g/mol. The van der Waals surface area contributed by atoms with Crippen LogP contribution in [-0.4, -0.2) is 26.0 Å². The third-order valence-electron chi connectivity index (χ3n) is 2.28. The lowest BCUT2D eigenvalue weighted by molar-refractivity contribution is -0.274. The fraction of sp³-hybridized carbons (Fsp3) is 0.385. The molecule has 0 atom stereocenters. The number of carbonyl (C=O) groups excluding carboxylic acids is 1. The molecule has 0 aliphatic heterocycles. The van der Waals surface area contributed by atoms with Crippen LogP contribution in [0.4, 0.5) is 13.2 Å². The number of alkyl halides is 3. The number of hydrogen-bond acceptors (Lipinski definition) is 4. The summed E-state index contributed by atoms with van der Waals surface area (Å²) in [7, 11) is 1.31. The molecule has 1 aromatic carbocycles. The molecule has 20 heavy (non-hydrogen) atoms. The van der Waals surface area contributed by atoms with Crippen LogP contribution in [-0.2, 0) is 16.0 Å². The van der Waals surface area contributed by atoms with E-state index < -0.39 is 12.1 Å². The molecule has 0 saturated carbocycles. The van der Waals surface area contributed by atoms with Crippen molar-refractivity contribution in [3.8, 4) is 11.5 Å². The standard InChI is InChI=1S/C13H13F3O4/c1-3-19-11(8-17)6-9-4-5-10(7-12(9)18-2)20-13(14,15)16/h4-5,7H,3,6H2,1-2H3. The Morgan fingerprint density at radius 3 is 2.55 bits per heavy atom.